The Balaban J connectivity index is 3.00. The molecule has 2 nitrogen and oxygen atoms in total. The second-order valence-electron chi connectivity index (χ2n) is 2.14. The van der Waals surface area contributed by atoms with Crippen molar-refractivity contribution in [1.29, 1.82) is 0 Å². The van der Waals surface area contributed by atoms with Gasteiger partial charge in [0.2, 0.25) is 0 Å². The fraction of sp³-hybridized carbons (Fsp3) is 0. The topological polar surface area (TPSA) is 43.1 Å². The molecule has 1 amide bonds. The molecule has 7 heteroatoms. The zero-order valence-electron chi connectivity index (χ0n) is 5.76. The van der Waals surface area contributed by atoms with E-state index in [0.717, 1.165) is 12.1 Å². The van der Waals surface area contributed by atoms with Crippen LogP contribution in [0, 0.1) is 0 Å². The van der Waals surface area contributed by atoms with Crippen molar-refractivity contribution in [3.8, 4) is 0 Å². The fourth-order valence-corrected chi connectivity index (χ4v) is 1.42. The molecular formula is C5H4BF3NOS-. The number of hydrogen-bond acceptors (Lipinski definition) is 2. The SMILES string of the molecule is NC(=O)c1ccc([B-](F)(F)F)s1. The Morgan fingerprint density at radius 3 is 2.25 bits per heavy atom. The van der Waals surface area contributed by atoms with Crippen LogP contribution < -0.4 is 10.5 Å². The number of nitrogens with two attached hydrogens (primary N) is 1. The minimum absolute atomic E-state index is 0.0656. The Labute approximate surface area is 70.2 Å². The lowest BCUT2D eigenvalue weighted by Crippen LogP contribution is -2.30. The van der Waals surface area contributed by atoms with Crippen LogP contribution in [0.15, 0.2) is 12.1 Å². The minimum Gasteiger partial charge on any atom is -0.444 e. The molecule has 0 bridgehead atoms. The zero-order valence-corrected chi connectivity index (χ0v) is 6.58. The third-order valence-electron chi connectivity index (χ3n) is 1.19. The van der Waals surface area contributed by atoms with Gasteiger partial charge in [-0.2, -0.15) is 11.3 Å². The molecule has 1 aromatic rings. The minimum atomic E-state index is -5.00. The van der Waals surface area contributed by atoms with Crippen molar-refractivity contribution in [3.63, 3.8) is 0 Å². The van der Waals surface area contributed by atoms with E-state index >= 15 is 0 Å². The molecule has 0 aromatic carbocycles. The van der Waals surface area contributed by atoms with E-state index in [4.69, 9.17) is 5.73 Å². The first kappa shape index (κ1) is 9.12. The van der Waals surface area contributed by atoms with Gasteiger partial charge >= 0.3 is 6.98 Å². The molecule has 0 aliphatic rings. The molecule has 1 rings (SSSR count). The summed E-state index contributed by atoms with van der Waals surface area (Å²) in [5, 5.41) is 0. The lowest BCUT2D eigenvalue weighted by Gasteiger charge is -2.09. The van der Waals surface area contributed by atoms with E-state index in [9.17, 15) is 17.7 Å². The largest absolute Gasteiger partial charge is 0.519 e. The third-order valence-corrected chi connectivity index (χ3v) is 2.39. The summed E-state index contributed by atoms with van der Waals surface area (Å²) in [6.45, 7) is -5.00. The number of carbonyl (C=O) groups excluding carboxylic acids is 1. The molecule has 0 saturated heterocycles. The maximum Gasteiger partial charge on any atom is 0.519 e. The van der Waals surface area contributed by atoms with Gasteiger partial charge < -0.3 is 18.7 Å². The van der Waals surface area contributed by atoms with Gasteiger partial charge in [0.25, 0.3) is 5.91 Å². The van der Waals surface area contributed by atoms with Crippen LogP contribution in [0.3, 0.4) is 0 Å². The molecular weight excluding hydrogens is 190 g/mol. The molecule has 0 aliphatic carbocycles. The Morgan fingerprint density at radius 2 is 2.00 bits per heavy atom. The molecule has 66 valence electrons. The van der Waals surface area contributed by atoms with Gasteiger partial charge in [-0.15, -0.1) is 0 Å². The first-order chi connectivity index (χ1) is 5.41. The average molecular weight is 194 g/mol. The summed E-state index contributed by atoms with van der Waals surface area (Å²) in [7, 11) is 0. The Bertz CT molecular complexity index is 308. The van der Waals surface area contributed by atoms with Crippen LogP contribution >= 0.6 is 11.3 Å². The third kappa shape index (κ3) is 1.79. The number of rotatable bonds is 2. The van der Waals surface area contributed by atoms with E-state index in [1.165, 1.54) is 0 Å². The van der Waals surface area contributed by atoms with E-state index in [-0.39, 0.29) is 4.88 Å². The molecule has 0 fully saturated rings. The average Bonchev–Trinajstić information content (AvgIpc) is 2.30. The number of thiophene rings is 1. The second kappa shape index (κ2) is 2.82. The number of hydrogen-bond donors (Lipinski definition) is 1. The fourth-order valence-electron chi connectivity index (χ4n) is 0.661. The molecule has 0 unspecified atom stereocenters. The monoisotopic (exact) mass is 194 g/mol. The van der Waals surface area contributed by atoms with Crippen molar-refractivity contribution in [3.05, 3.63) is 17.0 Å². The summed E-state index contributed by atoms with van der Waals surface area (Å²) >= 11 is 0.376. The highest BCUT2D eigenvalue weighted by molar-refractivity contribution is 7.25. The Morgan fingerprint density at radius 1 is 1.42 bits per heavy atom. The number of primary amides is 1. The van der Waals surface area contributed by atoms with Gasteiger partial charge in [-0.05, 0) is 6.07 Å². The van der Waals surface area contributed by atoms with Crippen LogP contribution in [-0.4, -0.2) is 12.9 Å². The van der Waals surface area contributed by atoms with Crippen LogP contribution in [0.2, 0.25) is 0 Å². The van der Waals surface area contributed by atoms with E-state index in [0.29, 0.717) is 11.3 Å². The summed E-state index contributed by atoms with van der Waals surface area (Å²) in [6.07, 6.45) is 0. The first-order valence-electron chi connectivity index (χ1n) is 3.01. The summed E-state index contributed by atoms with van der Waals surface area (Å²) in [5.41, 5.74) is 4.78. The van der Waals surface area contributed by atoms with Gasteiger partial charge in [0.15, 0.2) is 0 Å². The molecule has 1 heterocycles. The maximum atomic E-state index is 12.0. The normalized spacial score (nSPS) is 11.6. The van der Waals surface area contributed by atoms with Crippen LogP contribution in [0.1, 0.15) is 9.67 Å². The summed E-state index contributed by atoms with van der Waals surface area (Å²) in [4.78, 5) is 10.3. The quantitative estimate of drug-likeness (QED) is 0.698. The van der Waals surface area contributed by atoms with Gasteiger partial charge in [0, 0.05) is 0 Å². The Hall–Kier alpha value is -0.975. The van der Waals surface area contributed by atoms with Gasteiger partial charge in [0.1, 0.15) is 0 Å². The Kier molecular flexibility index (Phi) is 2.14. The first-order valence-corrected chi connectivity index (χ1v) is 3.82. The van der Waals surface area contributed by atoms with Gasteiger partial charge in [-0.25, -0.2) is 0 Å². The number of carbonyl (C=O) groups is 1. The molecule has 0 aliphatic heterocycles. The van der Waals surface area contributed by atoms with Gasteiger partial charge in [-0.3, -0.25) is 4.79 Å². The van der Waals surface area contributed by atoms with Crippen molar-refractivity contribution >= 4 is 29.0 Å². The molecule has 0 atom stereocenters. The standard InChI is InChI=1S/C5H4BF3NOS/c7-6(8,9)4-2-1-3(12-4)5(10)11/h1-2H,(H2,10,11)/q-1. The van der Waals surface area contributed by atoms with Crippen LogP contribution in [0.4, 0.5) is 12.9 Å². The molecule has 1 aromatic heterocycles. The van der Waals surface area contributed by atoms with Gasteiger partial charge in [-0.1, -0.05) is 10.8 Å². The predicted octanol–water partition coefficient (Wildman–Crippen LogP) is 0.901. The molecule has 2 N–H and O–H groups in total. The summed E-state index contributed by atoms with van der Waals surface area (Å²) in [5.74, 6) is -0.827. The lowest BCUT2D eigenvalue weighted by molar-refractivity contribution is 0.100. The molecule has 0 radical (unpaired) electrons. The highest BCUT2D eigenvalue weighted by atomic mass is 32.1. The molecule has 0 saturated carbocycles. The summed E-state index contributed by atoms with van der Waals surface area (Å²) < 4.78 is 35.2. The predicted molar refractivity (Wildman–Crippen MR) is 41.5 cm³/mol. The zero-order chi connectivity index (χ0) is 9.35. The van der Waals surface area contributed by atoms with Crippen LogP contribution in [0.5, 0.6) is 0 Å². The number of halogens is 3. The van der Waals surface area contributed by atoms with Crippen LogP contribution in [-0.2, 0) is 0 Å². The van der Waals surface area contributed by atoms with Crippen molar-refractivity contribution in [2.75, 3.05) is 0 Å². The van der Waals surface area contributed by atoms with E-state index in [2.05, 4.69) is 0 Å². The van der Waals surface area contributed by atoms with E-state index < -0.39 is 17.7 Å². The highest BCUT2D eigenvalue weighted by Gasteiger charge is 2.27. The smallest absolute Gasteiger partial charge is 0.444 e. The van der Waals surface area contributed by atoms with Crippen molar-refractivity contribution in [1.82, 2.24) is 0 Å². The van der Waals surface area contributed by atoms with Gasteiger partial charge in [0.05, 0.1) is 4.88 Å². The lowest BCUT2D eigenvalue weighted by atomic mass is 9.90. The summed E-state index contributed by atoms with van der Waals surface area (Å²) in [6, 6.07) is 1.95. The number of amides is 1. The maximum absolute atomic E-state index is 12.0. The van der Waals surface area contributed by atoms with Crippen LogP contribution in [0.25, 0.3) is 0 Å². The molecule has 12 heavy (non-hydrogen) atoms. The van der Waals surface area contributed by atoms with Crippen molar-refractivity contribution in [2.24, 2.45) is 5.73 Å². The van der Waals surface area contributed by atoms with E-state index in [1.54, 1.807) is 0 Å². The van der Waals surface area contributed by atoms with Crippen molar-refractivity contribution in [2.45, 2.75) is 0 Å². The highest BCUT2D eigenvalue weighted by Crippen LogP contribution is 2.15. The van der Waals surface area contributed by atoms with Crippen molar-refractivity contribution < 1.29 is 17.7 Å². The molecule has 0 spiro atoms. The van der Waals surface area contributed by atoms with E-state index in [1.807, 2.05) is 0 Å². The second-order valence-corrected chi connectivity index (χ2v) is 3.26.